The monoisotopic (exact) mass is 277 g/mol. The number of methoxy groups -OCH3 is 1. The number of hydrogen-bond donors (Lipinski definition) is 2. The second-order valence-electron chi connectivity index (χ2n) is 5.15. The van der Waals surface area contributed by atoms with Gasteiger partial charge >= 0.3 is 13.1 Å². The maximum absolute atomic E-state index is 11.5. The molecule has 5 nitrogen and oxygen atoms in total. The van der Waals surface area contributed by atoms with Gasteiger partial charge in [0.25, 0.3) is 0 Å². The molecule has 1 aliphatic heterocycles. The molecule has 0 spiro atoms. The molecular weight excluding hydrogens is 257 g/mol. The van der Waals surface area contributed by atoms with Crippen molar-refractivity contribution in [1.29, 1.82) is 0 Å². The third-order valence-corrected chi connectivity index (χ3v) is 3.85. The summed E-state index contributed by atoms with van der Waals surface area (Å²) in [6.07, 6.45) is 1.58. The third-order valence-electron chi connectivity index (χ3n) is 3.85. The molecule has 2 rings (SSSR count). The van der Waals surface area contributed by atoms with E-state index in [0.29, 0.717) is 12.0 Å². The molecule has 0 unspecified atom stereocenters. The molecule has 0 atom stereocenters. The molecule has 0 aliphatic carbocycles. The molecule has 6 heteroatoms. The first-order valence-electron chi connectivity index (χ1n) is 6.86. The quantitative estimate of drug-likeness (QED) is 0.587. The highest BCUT2D eigenvalue weighted by Gasteiger charge is 2.26. The van der Waals surface area contributed by atoms with E-state index in [1.807, 2.05) is 12.1 Å². The summed E-state index contributed by atoms with van der Waals surface area (Å²) in [7, 11) is -0.0214. The van der Waals surface area contributed by atoms with Gasteiger partial charge in [-0.05, 0) is 37.0 Å². The number of esters is 1. The summed E-state index contributed by atoms with van der Waals surface area (Å²) >= 11 is 0. The second-order valence-corrected chi connectivity index (χ2v) is 5.15. The van der Waals surface area contributed by atoms with E-state index < -0.39 is 7.12 Å². The summed E-state index contributed by atoms with van der Waals surface area (Å²) in [5.74, 6) is -0.134. The van der Waals surface area contributed by atoms with Crippen LogP contribution in [0.25, 0.3) is 0 Å². The van der Waals surface area contributed by atoms with Gasteiger partial charge < -0.3 is 14.8 Å². The van der Waals surface area contributed by atoms with Gasteiger partial charge in [-0.1, -0.05) is 24.3 Å². The average molecular weight is 277 g/mol. The van der Waals surface area contributed by atoms with Crippen LogP contribution in [-0.2, 0) is 16.1 Å². The lowest BCUT2D eigenvalue weighted by atomic mass is 9.77. The van der Waals surface area contributed by atoms with Gasteiger partial charge in [-0.2, -0.15) is 0 Å². The van der Waals surface area contributed by atoms with Crippen molar-refractivity contribution >= 4 is 18.6 Å². The van der Waals surface area contributed by atoms with Crippen LogP contribution in [-0.4, -0.2) is 48.2 Å². The van der Waals surface area contributed by atoms with Gasteiger partial charge in [-0.3, -0.25) is 9.69 Å². The summed E-state index contributed by atoms with van der Waals surface area (Å²) in [4.78, 5) is 13.7. The Morgan fingerprint density at radius 1 is 1.35 bits per heavy atom. The minimum Gasteiger partial charge on any atom is -0.469 e. The summed E-state index contributed by atoms with van der Waals surface area (Å²) < 4.78 is 4.77. The molecule has 1 fully saturated rings. The smallest absolute Gasteiger partial charge is 0.469 e. The zero-order valence-electron chi connectivity index (χ0n) is 11.7. The Kier molecular flexibility index (Phi) is 5.17. The molecule has 108 valence electrons. The summed E-state index contributed by atoms with van der Waals surface area (Å²) in [6.45, 7) is 2.30. The SMILES string of the molecule is COC(=O)C1CCN(Cc2ccccc2B(O)O)CC1. The highest BCUT2D eigenvalue weighted by atomic mass is 16.5. The molecule has 1 aromatic rings. The third kappa shape index (κ3) is 3.59. The predicted molar refractivity (Wildman–Crippen MR) is 76.3 cm³/mol. The molecule has 1 saturated heterocycles. The maximum Gasteiger partial charge on any atom is 0.488 e. The molecule has 20 heavy (non-hydrogen) atoms. The second kappa shape index (κ2) is 6.88. The molecule has 1 heterocycles. The first-order chi connectivity index (χ1) is 9.61. The van der Waals surface area contributed by atoms with Crippen molar-refractivity contribution in [2.24, 2.45) is 5.92 Å². The van der Waals surface area contributed by atoms with Gasteiger partial charge in [0.2, 0.25) is 0 Å². The van der Waals surface area contributed by atoms with Gasteiger partial charge in [0, 0.05) is 6.54 Å². The Labute approximate surface area is 119 Å². The van der Waals surface area contributed by atoms with Gasteiger partial charge in [-0.25, -0.2) is 0 Å². The largest absolute Gasteiger partial charge is 0.488 e. The van der Waals surface area contributed by atoms with Gasteiger partial charge in [0.15, 0.2) is 0 Å². The van der Waals surface area contributed by atoms with Crippen molar-refractivity contribution in [3.8, 4) is 0 Å². The van der Waals surface area contributed by atoms with E-state index in [4.69, 9.17) is 4.74 Å². The van der Waals surface area contributed by atoms with Gasteiger partial charge in [-0.15, -0.1) is 0 Å². The highest BCUT2D eigenvalue weighted by molar-refractivity contribution is 6.59. The first kappa shape index (κ1) is 15.0. The predicted octanol–water partition coefficient (Wildman–Crippen LogP) is -0.249. The first-order valence-corrected chi connectivity index (χ1v) is 6.86. The fraction of sp³-hybridized carbons (Fsp3) is 0.500. The molecule has 1 aromatic carbocycles. The minimum atomic E-state index is -1.45. The van der Waals surface area contributed by atoms with Crippen LogP contribution in [0.4, 0.5) is 0 Å². The van der Waals surface area contributed by atoms with Crippen LogP contribution < -0.4 is 5.46 Å². The van der Waals surface area contributed by atoms with Crippen molar-refractivity contribution in [2.75, 3.05) is 20.2 Å². The van der Waals surface area contributed by atoms with Crippen LogP contribution in [0.5, 0.6) is 0 Å². The molecule has 0 saturated carbocycles. The van der Waals surface area contributed by atoms with Gasteiger partial charge in [0.05, 0.1) is 13.0 Å². The lowest BCUT2D eigenvalue weighted by Gasteiger charge is -2.31. The van der Waals surface area contributed by atoms with Crippen molar-refractivity contribution < 1.29 is 19.6 Å². The Balaban J connectivity index is 1.94. The average Bonchev–Trinajstić information content (AvgIpc) is 2.47. The number of nitrogens with zero attached hydrogens (tertiary/aromatic N) is 1. The minimum absolute atomic E-state index is 0.00470. The van der Waals surface area contributed by atoms with Crippen LogP contribution in [0.1, 0.15) is 18.4 Å². The molecule has 0 aromatic heterocycles. The Hall–Kier alpha value is -1.37. The number of carbonyl (C=O) groups excluding carboxylic acids is 1. The normalized spacial score (nSPS) is 16.9. The number of likely N-dealkylation sites (tertiary alicyclic amines) is 1. The maximum atomic E-state index is 11.5. The lowest BCUT2D eigenvalue weighted by Crippen LogP contribution is -2.39. The van der Waals surface area contributed by atoms with E-state index >= 15 is 0 Å². The van der Waals surface area contributed by atoms with E-state index in [9.17, 15) is 14.8 Å². The lowest BCUT2D eigenvalue weighted by molar-refractivity contribution is -0.147. The topological polar surface area (TPSA) is 70.0 Å². The van der Waals surface area contributed by atoms with Crippen molar-refractivity contribution in [3.05, 3.63) is 29.8 Å². The fourth-order valence-corrected chi connectivity index (χ4v) is 2.66. The zero-order valence-corrected chi connectivity index (χ0v) is 11.7. The van der Waals surface area contributed by atoms with Crippen molar-refractivity contribution in [3.63, 3.8) is 0 Å². The number of carbonyl (C=O) groups is 1. The summed E-state index contributed by atoms with van der Waals surface area (Å²) in [5, 5.41) is 18.7. The number of rotatable bonds is 4. The zero-order chi connectivity index (χ0) is 14.5. The van der Waals surface area contributed by atoms with Crippen LogP contribution in [0.3, 0.4) is 0 Å². The van der Waals surface area contributed by atoms with E-state index in [1.165, 1.54) is 7.11 Å². The fourth-order valence-electron chi connectivity index (χ4n) is 2.66. The van der Waals surface area contributed by atoms with Crippen molar-refractivity contribution in [2.45, 2.75) is 19.4 Å². The number of ether oxygens (including phenoxy) is 1. The standard InChI is InChI=1S/C14H20BNO4/c1-20-14(17)11-6-8-16(9-7-11)10-12-4-2-3-5-13(12)15(18)19/h2-5,11,18-19H,6-10H2,1H3. The number of hydrogen-bond acceptors (Lipinski definition) is 5. The molecule has 0 radical (unpaired) electrons. The molecule has 0 amide bonds. The Bertz CT molecular complexity index is 458. The van der Waals surface area contributed by atoms with Crippen LogP contribution in [0.2, 0.25) is 0 Å². The van der Waals surface area contributed by atoms with E-state index in [1.54, 1.807) is 12.1 Å². The van der Waals surface area contributed by atoms with Crippen LogP contribution in [0.15, 0.2) is 24.3 Å². The van der Waals surface area contributed by atoms with E-state index in [2.05, 4.69) is 4.90 Å². The highest BCUT2D eigenvalue weighted by Crippen LogP contribution is 2.19. The Morgan fingerprint density at radius 2 is 2.00 bits per heavy atom. The summed E-state index contributed by atoms with van der Waals surface area (Å²) in [6, 6.07) is 7.31. The Morgan fingerprint density at radius 3 is 2.60 bits per heavy atom. The molecule has 0 bridgehead atoms. The van der Waals surface area contributed by atoms with Crippen LogP contribution >= 0.6 is 0 Å². The van der Waals surface area contributed by atoms with E-state index in [-0.39, 0.29) is 11.9 Å². The number of benzene rings is 1. The van der Waals surface area contributed by atoms with Crippen LogP contribution in [0, 0.1) is 5.92 Å². The molecular formula is C14H20BNO4. The molecule has 2 N–H and O–H groups in total. The number of piperidine rings is 1. The van der Waals surface area contributed by atoms with E-state index in [0.717, 1.165) is 31.5 Å². The van der Waals surface area contributed by atoms with Crippen molar-refractivity contribution in [1.82, 2.24) is 4.90 Å². The molecule has 1 aliphatic rings. The summed E-state index contributed by atoms with van der Waals surface area (Å²) in [5.41, 5.74) is 1.46. The van der Waals surface area contributed by atoms with Gasteiger partial charge in [0.1, 0.15) is 0 Å².